The van der Waals surface area contributed by atoms with Crippen LogP contribution in [0.4, 0.5) is 0 Å². The molecule has 0 aliphatic carbocycles. The molecule has 1 nitrogen and oxygen atoms in total. The second-order valence-corrected chi connectivity index (χ2v) is 4.16. The number of rotatable bonds is 5. The monoisotopic (exact) mass is 212 g/mol. The molecule has 0 amide bonds. The van der Waals surface area contributed by atoms with Crippen LogP contribution in [0.25, 0.3) is 10.9 Å². The lowest BCUT2D eigenvalue weighted by atomic mass is 10.0. The van der Waals surface area contributed by atoms with E-state index in [1.165, 1.54) is 35.7 Å². The lowest BCUT2D eigenvalue weighted by molar-refractivity contribution is 0.687. The Hall–Kier alpha value is -1.37. The Morgan fingerprint density at radius 2 is 1.88 bits per heavy atom. The second-order valence-electron chi connectivity index (χ2n) is 4.16. The largest absolute Gasteiger partial charge is 0.256 e. The van der Waals surface area contributed by atoms with Crippen molar-refractivity contribution in [2.24, 2.45) is 0 Å². The van der Waals surface area contributed by atoms with Gasteiger partial charge in [-0.25, -0.2) is 0 Å². The van der Waals surface area contributed by atoms with Crippen LogP contribution in [-0.4, -0.2) is 4.98 Å². The number of aromatic nitrogens is 1. The van der Waals surface area contributed by atoms with Crippen molar-refractivity contribution in [2.75, 3.05) is 0 Å². The van der Waals surface area contributed by atoms with Crippen molar-refractivity contribution < 1.29 is 0 Å². The van der Waals surface area contributed by atoms with Gasteiger partial charge in [0.15, 0.2) is 0 Å². The quantitative estimate of drug-likeness (QED) is 0.678. The molecular formula is C15H18N. The van der Waals surface area contributed by atoms with E-state index in [2.05, 4.69) is 36.2 Å². The molecule has 1 heterocycles. The zero-order valence-electron chi connectivity index (χ0n) is 9.65. The number of pyridine rings is 1. The fourth-order valence-corrected chi connectivity index (χ4v) is 2.04. The number of hydrogen-bond acceptors (Lipinski definition) is 1. The van der Waals surface area contributed by atoms with Gasteiger partial charge in [0.2, 0.25) is 0 Å². The van der Waals surface area contributed by atoms with Crippen molar-refractivity contribution in [1.29, 1.82) is 0 Å². The number of unbranched alkanes of at least 4 members (excludes halogenated alkanes) is 3. The van der Waals surface area contributed by atoms with Gasteiger partial charge >= 0.3 is 0 Å². The maximum absolute atomic E-state index is 4.47. The Morgan fingerprint density at radius 1 is 1.00 bits per heavy atom. The minimum Gasteiger partial charge on any atom is -0.256 e. The van der Waals surface area contributed by atoms with Crippen LogP contribution in [0.5, 0.6) is 0 Å². The van der Waals surface area contributed by atoms with E-state index in [1.54, 1.807) is 0 Å². The van der Waals surface area contributed by atoms with Gasteiger partial charge in [0.25, 0.3) is 0 Å². The fourth-order valence-electron chi connectivity index (χ4n) is 2.04. The molecule has 0 N–H and O–H groups in total. The van der Waals surface area contributed by atoms with Crippen LogP contribution in [-0.2, 0) is 6.42 Å². The van der Waals surface area contributed by atoms with Crippen LogP contribution < -0.4 is 0 Å². The highest BCUT2D eigenvalue weighted by Crippen LogP contribution is 2.18. The third-order valence-corrected chi connectivity index (χ3v) is 2.91. The van der Waals surface area contributed by atoms with Gasteiger partial charge in [0.1, 0.15) is 0 Å². The summed E-state index contributed by atoms with van der Waals surface area (Å²) >= 11 is 0. The van der Waals surface area contributed by atoms with E-state index in [0.717, 1.165) is 12.8 Å². The first-order valence-electron chi connectivity index (χ1n) is 6.03. The zero-order chi connectivity index (χ0) is 11.2. The van der Waals surface area contributed by atoms with E-state index in [4.69, 9.17) is 0 Å². The van der Waals surface area contributed by atoms with E-state index in [-0.39, 0.29) is 0 Å². The van der Waals surface area contributed by atoms with Gasteiger partial charge in [-0.3, -0.25) is 4.98 Å². The van der Waals surface area contributed by atoms with Crippen LogP contribution in [0.1, 0.15) is 31.2 Å². The van der Waals surface area contributed by atoms with Gasteiger partial charge in [-0.15, -0.1) is 0 Å². The summed E-state index contributed by atoms with van der Waals surface area (Å²) in [6.45, 7) is 3.87. The minimum absolute atomic E-state index is 1.05. The Labute approximate surface area is 97.5 Å². The summed E-state index contributed by atoms with van der Waals surface area (Å²) in [5.41, 5.74) is 2.54. The normalized spacial score (nSPS) is 10.8. The van der Waals surface area contributed by atoms with Crippen LogP contribution in [0.15, 0.2) is 36.5 Å². The predicted molar refractivity (Wildman–Crippen MR) is 69.3 cm³/mol. The molecule has 16 heavy (non-hydrogen) atoms. The summed E-state index contributed by atoms with van der Waals surface area (Å²) in [6.07, 6.45) is 7.81. The first-order valence-corrected chi connectivity index (χ1v) is 6.03. The maximum atomic E-state index is 4.47. The van der Waals surface area contributed by atoms with Crippen LogP contribution >= 0.6 is 0 Å². The Kier molecular flexibility index (Phi) is 3.92. The third kappa shape index (κ3) is 2.60. The van der Waals surface area contributed by atoms with Gasteiger partial charge in [-0.2, -0.15) is 0 Å². The Morgan fingerprint density at radius 3 is 2.75 bits per heavy atom. The van der Waals surface area contributed by atoms with E-state index >= 15 is 0 Å². The summed E-state index contributed by atoms with van der Waals surface area (Å²) in [6, 6.07) is 10.6. The highest BCUT2D eigenvalue weighted by Gasteiger charge is 2.00. The molecule has 1 radical (unpaired) electrons. The Balaban J connectivity index is 2.11. The zero-order valence-corrected chi connectivity index (χ0v) is 9.65. The van der Waals surface area contributed by atoms with Gasteiger partial charge < -0.3 is 0 Å². The molecule has 2 rings (SSSR count). The highest BCUT2D eigenvalue weighted by molar-refractivity contribution is 5.81. The van der Waals surface area contributed by atoms with E-state index < -0.39 is 0 Å². The summed E-state index contributed by atoms with van der Waals surface area (Å²) in [7, 11) is 0. The lowest BCUT2D eigenvalue weighted by Crippen LogP contribution is -1.90. The van der Waals surface area contributed by atoms with Crippen molar-refractivity contribution in [3.8, 4) is 0 Å². The van der Waals surface area contributed by atoms with Crippen molar-refractivity contribution in [3.63, 3.8) is 0 Å². The molecule has 0 bridgehead atoms. The maximum Gasteiger partial charge on any atom is 0.0733 e. The number of fused-ring (bicyclic) bond motifs is 1. The average molecular weight is 212 g/mol. The minimum atomic E-state index is 1.05. The predicted octanol–water partition coefficient (Wildman–Crippen LogP) is 4.17. The topological polar surface area (TPSA) is 12.9 Å². The summed E-state index contributed by atoms with van der Waals surface area (Å²) < 4.78 is 0. The average Bonchev–Trinajstić information content (AvgIpc) is 2.35. The van der Waals surface area contributed by atoms with Crippen LogP contribution in [0.3, 0.4) is 0 Å². The molecular weight excluding hydrogens is 194 g/mol. The van der Waals surface area contributed by atoms with Crippen LogP contribution in [0.2, 0.25) is 0 Å². The van der Waals surface area contributed by atoms with Crippen molar-refractivity contribution >= 4 is 10.9 Å². The molecule has 2 aromatic rings. The molecule has 0 saturated heterocycles. The standard InChI is InChI=1S/C15H18N/c1-2-3-4-5-8-13-9-6-10-14-11-7-12-16-15(13)14/h6-7,9-12H,1-5,8H2. The fraction of sp³-hybridized carbons (Fsp3) is 0.333. The summed E-state index contributed by atoms with van der Waals surface area (Å²) in [5.74, 6) is 0. The molecule has 1 heteroatoms. The molecule has 83 valence electrons. The molecule has 1 aromatic carbocycles. The molecule has 1 aromatic heterocycles. The molecule has 0 aliphatic rings. The SMILES string of the molecule is [CH2]CCCCCc1cccc2cccnc12. The van der Waals surface area contributed by atoms with Gasteiger partial charge in [0, 0.05) is 11.6 Å². The Bertz CT molecular complexity index is 443. The highest BCUT2D eigenvalue weighted by atomic mass is 14.6. The van der Waals surface area contributed by atoms with Crippen LogP contribution in [0, 0.1) is 6.92 Å². The number of nitrogens with zero attached hydrogens (tertiary/aromatic N) is 1. The molecule has 0 aliphatic heterocycles. The number of para-hydroxylation sites is 1. The smallest absolute Gasteiger partial charge is 0.0733 e. The molecule has 0 unspecified atom stereocenters. The molecule has 0 saturated carbocycles. The number of benzene rings is 1. The number of hydrogen-bond donors (Lipinski definition) is 0. The third-order valence-electron chi connectivity index (χ3n) is 2.91. The van der Waals surface area contributed by atoms with E-state index in [0.29, 0.717) is 0 Å². The van der Waals surface area contributed by atoms with E-state index in [1.807, 2.05) is 12.3 Å². The van der Waals surface area contributed by atoms with Gasteiger partial charge in [-0.1, -0.05) is 50.5 Å². The molecule has 0 fully saturated rings. The second kappa shape index (κ2) is 5.64. The first kappa shape index (κ1) is 11.1. The van der Waals surface area contributed by atoms with E-state index in [9.17, 15) is 0 Å². The first-order chi connectivity index (χ1) is 7.92. The van der Waals surface area contributed by atoms with Crippen molar-refractivity contribution in [2.45, 2.75) is 32.1 Å². The summed E-state index contributed by atoms with van der Waals surface area (Å²) in [4.78, 5) is 4.47. The summed E-state index contributed by atoms with van der Waals surface area (Å²) in [5, 5.41) is 1.25. The van der Waals surface area contributed by atoms with Crippen molar-refractivity contribution in [3.05, 3.63) is 49.0 Å². The van der Waals surface area contributed by atoms with Gasteiger partial charge in [-0.05, 0) is 24.5 Å². The van der Waals surface area contributed by atoms with Gasteiger partial charge in [0.05, 0.1) is 5.52 Å². The lowest BCUT2D eigenvalue weighted by Gasteiger charge is -2.05. The number of aryl methyl sites for hydroxylation is 1. The van der Waals surface area contributed by atoms with Crippen molar-refractivity contribution in [1.82, 2.24) is 4.98 Å². The molecule has 0 spiro atoms. The molecule has 0 atom stereocenters.